The van der Waals surface area contributed by atoms with Gasteiger partial charge in [-0.3, -0.25) is 4.68 Å². The Morgan fingerprint density at radius 2 is 2.12 bits per heavy atom. The van der Waals surface area contributed by atoms with E-state index in [0.717, 1.165) is 63.3 Å². The molecule has 0 saturated carbocycles. The Hall–Kier alpha value is -3.56. The van der Waals surface area contributed by atoms with Crippen LogP contribution in [0.25, 0.3) is 32.2 Å². The van der Waals surface area contributed by atoms with Gasteiger partial charge in [-0.05, 0) is 42.3 Å². The summed E-state index contributed by atoms with van der Waals surface area (Å²) in [5, 5.41) is 8.64. The monoisotopic (exact) mass is 458 g/mol. The van der Waals surface area contributed by atoms with E-state index in [4.69, 9.17) is 9.47 Å². The van der Waals surface area contributed by atoms with Gasteiger partial charge in [0.05, 0.1) is 46.0 Å². The first-order valence-electron chi connectivity index (χ1n) is 10.8. The molecule has 1 atom stereocenters. The average Bonchev–Trinajstić information content (AvgIpc) is 3.59. The molecule has 3 aromatic heterocycles. The third kappa shape index (κ3) is 4.01. The Kier molecular flexibility index (Phi) is 5.12. The number of thiazole rings is 1. The zero-order chi connectivity index (χ0) is 22.2. The summed E-state index contributed by atoms with van der Waals surface area (Å²) in [6.45, 7) is 2.12. The summed E-state index contributed by atoms with van der Waals surface area (Å²) in [4.78, 5) is 13.5. The van der Waals surface area contributed by atoms with Gasteiger partial charge in [-0.2, -0.15) is 5.10 Å². The van der Waals surface area contributed by atoms with Crippen molar-refractivity contribution in [1.82, 2.24) is 24.7 Å². The Bertz CT molecular complexity index is 1440. The van der Waals surface area contributed by atoms with Crippen LogP contribution < -0.4 is 10.1 Å². The number of benzene rings is 2. The molecule has 9 heteroatoms. The Balaban J connectivity index is 1.43. The molecule has 0 bridgehead atoms. The minimum Gasteiger partial charge on any atom is -0.492 e. The van der Waals surface area contributed by atoms with Crippen molar-refractivity contribution in [1.29, 1.82) is 0 Å². The molecule has 0 aliphatic carbocycles. The number of hydrogen-bond donors (Lipinski definition) is 1. The third-order valence-corrected chi connectivity index (χ3v) is 6.62. The molecule has 0 amide bonds. The van der Waals surface area contributed by atoms with Gasteiger partial charge >= 0.3 is 0 Å². The first-order valence-corrected chi connectivity index (χ1v) is 11.7. The van der Waals surface area contributed by atoms with E-state index in [1.165, 1.54) is 0 Å². The van der Waals surface area contributed by atoms with Gasteiger partial charge in [0.25, 0.3) is 0 Å². The number of nitrogens with one attached hydrogen (secondary N) is 1. The largest absolute Gasteiger partial charge is 0.492 e. The zero-order valence-electron chi connectivity index (χ0n) is 18.1. The summed E-state index contributed by atoms with van der Waals surface area (Å²) in [6, 6.07) is 10.2. The number of nitrogens with zero attached hydrogens (tertiary/aromatic N) is 5. The van der Waals surface area contributed by atoms with Gasteiger partial charge in [0.15, 0.2) is 0 Å². The van der Waals surface area contributed by atoms with E-state index in [9.17, 15) is 0 Å². The minimum absolute atomic E-state index is 0.386. The molecule has 33 heavy (non-hydrogen) atoms. The smallest absolute Gasteiger partial charge is 0.145 e. The molecule has 1 fully saturated rings. The summed E-state index contributed by atoms with van der Waals surface area (Å²) >= 11 is 1.61. The summed E-state index contributed by atoms with van der Waals surface area (Å²) in [5.74, 6) is 1.84. The van der Waals surface area contributed by atoms with Crippen molar-refractivity contribution in [3.8, 4) is 16.9 Å². The molecule has 1 aliphatic rings. The molecule has 8 nitrogen and oxygen atoms in total. The summed E-state index contributed by atoms with van der Waals surface area (Å²) < 4.78 is 14.8. The van der Waals surface area contributed by atoms with Crippen molar-refractivity contribution in [2.24, 2.45) is 13.0 Å². The van der Waals surface area contributed by atoms with Gasteiger partial charge in [0, 0.05) is 37.0 Å². The molecular formula is C24H22N6O2S. The van der Waals surface area contributed by atoms with Crippen molar-refractivity contribution < 1.29 is 9.47 Å². The lowest BCUT2D eigenvalue weighted by atomic mass is 10.1. The van der Waals surface area contributed by atoms with Crippen LogP contribution in [0.5, 0.6) is 5.75 Å². The second-order valence-corrected chi connectivity index (χ2v) is 9.08. The van der Waals surface area contributed by atoms with E-state index in [2.05, 4.69) is 43.6 Å². The van der Waals surface area contributed by atoms with E-state index >= 15 is 0 Å². The van der Waals surface area contributed by atoms with Crippen LogP contribution in [-0.4, -0.2) is 44.6 Å². The molecule has 166 valence electrons. The van der Waals surface area contributed by atoms with E-state index in [-0.39, 0.29) is 0 Å². The fraction of sp³-hybridized carbons (Fsp3) is 0.250. The van der Waals surface area contributed by atoms with Crippen LogP contribution in [0.2, 0.25) is 0 Å². The number of fused-ring (bicyclic) bond motifs is 2. The number of ether oxygens (including phenoxy) is 2. The van der Waals surface area contributed by atoms with Gasteiger partial charge < -0.3 is 14.8 Å². The minimum atomic E-state index is 0.386. The topological polar surface area (TPSA) is 87.0 Å². The highest BCUT2D eigenvalue weighted by Crippen LogP contribution is 2.37. The first-order chi connectivity index (χ1) is 16.2. The van der Waals surface area contributed by atoms with Crippen molar-refractivity contribution >= 4 is 44.0 Å². The van der Waals surface area contributed by atoms with Crippen LogP contribution in [0.1, 0.15) is 6.42 Å². The molecule has 4 heterocycles. The quantitative estimate of drug-likeness (QED) is 0.391. The maximum Gasteiger partial charge on any atom is 0.145 e. The lowest BCUT2D eigenvalue weighted by Gasteiger charge is -2.16. The lowest BCUT2D eigenvalue weighted by molar-refractivity contribution is 0.167. The Morgan fingerprint density at radius 1 is 1.15 bits per heavy atom. The predicted octanol–water partition coefficient (Wildman–Crippen LogP) is 4.80. The fourth-order valence-electron chi connectivity index (χ4n) is 4.09. The van der Waals surface area contributed by atoms with Gasteiger partial charge in [-0.1, -0.05) is 0 Å². The summed E-state index contributed by atoms with van der Waals surface area (Å²) in [5.41, 5.74) is 6.61. The average molecular weight is 459 g/mol. The van der Waals surface area contributed by atoms with Crippen LogP contribution in [0, 0.1) is 5.92 Å². The number of anilines is 2. The van der Waals surface area contributed by atoms with Gasteiger partial charge in [-0.25, -0.2) is 15.0 Å². The normalized spacial score (nSPS) is 16.0. The Morgan fingerprint density at radius 3 is 2.97 bits per heavy atom. The van der Waals surface area contributed by atoms with Gasteiger partial charge in [-0.15, -0.1) is 11.3 Å². The van der Waals surface area contributed by atoms with Crippen LogP contribution in [0.4, 0.5) is 11.5 Å². The molecule has 0 spiro atoms. The molecule has 1 saturated heterocycles. The zero-order valence-corrected chi connectivity index (χ0v) is 18.9. The molecule has 2 aromatic carbocycles. The standard InChI is InChI=1S/C24H22N6O2S/c1-30-10-17(9-28-30)16-6-20-23(21(7-16)32-12-15-4-5-31-11-15)24(26-13-25-20)29-18-2-3-19-22(8-18)33-14-27-19/h2-3,6-10,13-15H,4-5,11-12H2,1H3,(H,25,26,29)/t15-/m0/s1. The summed E-state index contributed by atoms with van der Waals surface area (Å²) in [7, 11) is 1.91. The summed E-state index contributed by atoms with van der Waals surface area (Å²) in [6.07, 6.45) is 6.43. The van der Waals surface area contributed by atoms with Crippen LogP contribution in [0.3, 0.4) is 0 Å². The second kappa shape index (κ2) is 8.42. The van der Waals surface area contributed by atoms with Crippen LogP contribution in [0.15, 0.2) is 54.6 Å². The first kappa shape index (κ1) is 20.1. The van der Waals surface area contributed by atoms with Crippen molar-refractivity contribution in [3.05, 3.63) is 54.6 Å². The number of aromatic nitrogens is 5. The van der Waals surface area contributed by atoms with Crippen LogP contribution >= 0.6 is 11.3 Å². The van der Waals surface area contributed by atoms with Crippen molar-refractivity contribution in [3.63, 3.8) is 0 Å². The van der Waals surface area contributed by atoms with Crippen LogP contribution in [-0.2, 0) is 11.8 Å². The molecule has 1 aliphatic heterocycles. The van der Waals surface area contributed by atoms with Gasteiger partial charge in [0.1, 0.15) is 17.9 Å². The third-order valence-electron chi connectivity index (χ3n) is 5.83. The fourth-order valence-corrected chi connectivity index (χ4v) is 4.81. The molecule has 0 radical (unpaired) electrons. The number of hydrogen-bond acceptors (Lipinski definition) is 8. The Labute approximate surface area is 194 Å². The van der Waals surface area contributed by atoms with E-state index < -0.39 is 0 Å². The molecule has 6 rings (SSSR count). The van der Waals surface area contributed by atoms with E-state index in [1.807, 2.05) is 37.1 Å². The lowest BCUT2D eigenvalue weighted by Crippen LogP contribution is -2.12. The van der Waals surface area contributed by atoms with Crippen molar-refractivity contribution in [2.45, 2.75) is 6.42 Å². The number of rotatable bonds is 6. The predicted molar refractivity (Wildman–Crippen MR) is 129 cm³/mol. The molecule has 5 aromatic rings. The van der Waals surface area contributed by atoms with E-state index in [0.29, 0.717) is 18.3 Å². The van der Waals surface area contributed by atoms with E-state index in [1.54, 1.807) is 22.3 Å². The second-order valence-electron chi connectivity index (χ2n) is 8.19. The SMILES string of the molecule is Cn1cc(-c2cc(OC[C@H]3CCOC3)c3c(Nc4ccc5ncsc5c4)ncnc3c2)cn1. The number of aryl methyl sites for hydroxylation is 1. The molecular weight excluding hydrogens is 436 g/mol. The highest BCUT2D eigenvalue weighted by molar-refractivity contribution is 7.16. The maximum atomic E-state index is 6.37. The molecule has 1 N–H and O–H groups in total. The van der Waals surface area contributed by atoms with Gasteiger partial charge in [0.2, 0.25) is 0 Å². The highest BCUT2D eigenvalue weighted by atomic mass is 32.1. The molecule has 0 unspecified atom stereocenters. The van der Waals surface area contributed by atoms with Crippen molar-refractivity contribution in [2.75, 3.05) is 25.1 Å². The maximum absolute atomic E-state index is 6.37. The highest BCUT2D eigenvalue weighted by Gasteiger charge is 2.19.